The molecule has 0 aliphatic carbocycles. The van der Waals surface area contributed by atoms with E-state index in [9.17, 15) is 9.18 Å². The van der Waals surface area contributed by atoms with Crippen LogP contribution in [0.2, 0.25) is 0 Å². The number of nitrogens with zero attached hydrogens (tertiary/aromatic N) is 1. The summed E-state index contributed by atoms with van der Waals surface area (Å²) in [5.74, 6) is -0.854. The number of rotatable bonds is 5. The van der Waals surface area contributed by atoms with Crippen molar-refractivity contribution < 1.29 is 13.9 Å². The molecule has 0 radical (unpaired) electrons. The summed E-state index contributed by atoms with van der Waals surface area (Å²) in [4.78, 5) is 15.5. The summed E-state index contributed by atoms with van der Waals surface area (Å²) in [5.41, 5.74) is 6.90. The van der Waals surface area contributed by atoms with Crippen molar-refractivity contribution in [3.63, 3.8) is 0 Å². The number of carbonyl (C=O) groups is 1. The van der Waals surface area contributed by atoms with Gasteiger partial charge >= 0.3 is 0 Å². The van der Waals surface area contributed by atoms with Crippen molar-refractivity contribution >= 4 is 17.3 Å². The third-order valence-corrected chi connectivity index (χ3v) is 3.09. The van der Waals surface area contributed by atoms with Crippen molar-refractivity contribution in [3.05, 3.63) is 47.5 Å². The van der Waals surface area contributed by atoms with E-state index in [2.05, 4.69) is 10.3 Å². The monoisotopic (exact) mass is 289 g/mol. The first kappa shape index (κ1) is 14.8. The van der Waals surface area contributed by atoms with E-state index in [-0.39, 0.29) is 17.0 Å². The second-order valence-corrected chi connectivity index (χ2v) is 4.42. The lowest BCUT2D eigenvalue weighted by Gasteiger charge is -2.13. The highest BCUT2D eigenvalue weighted by atomic mass is 19.1. The summed E-state index contributed by atoms with van der Waals surface area (Å²) in [7, 11) is 1.41. The number of halogens is 1. The molecular formula is C15H16FN3O2. The summed E-state index contributed by atoms with van der Waals surface area (Å²) in [6, 6.07) is 4.86. The number of hydrogen-bond acceptors (Lipinski definition) is 4. The van der Waals surface area contributed by atoms with Crippen LogP contribution in [0.15, 0.2) is 30.6 Å². The number of nitrogens with one attached hydrogen (secondary N) is 1. The molecule has 6 heteroatoms. The third-order valence-electron chi connectivity index (χ3n) is 3.09. The number of primary amides is 1. The van der Waals surface area contributed by atoms with Crippen LogP contribution in [0, 0.1) is 5.82 Å². The summed E-state index contributed by atoms with van der Waals surface area (Å²) in [5, 5.41) is 2.83. The van der Waals surface area contributed by atoms with Gasteiger partial charge in [-0.3, -0.25) is 9.78 Å². The number of aromatic nitrogens is 1. The van der Waals surface area contributed by atoms with E-state index >= 15 is 0 Å². The molecule has 1 heterocycles. The quantitative estimate of drug-likeness (QED) is 0.887. The predicted octanol–water partition coefficient (Wildman–Crippen LogP) is 2.63. The Hall–Kier alpha value is -2.63. The van der Waals surface area contributed by atoms with E-state index < -0.39 is 11.7 Å². The van der Waals surface area contributed by atoms with Gasteiger partial charge in [-0.05, 0) is 24.1 Å². The summed E-state index contributed by atoms with van der Waals surface area (Å²) in [6.07, 6.45) is 3.52. The number of aryl methyl sites for hydroxylation is 1. The van der Waals surface area contributed by atoms with E-state index in [0.29, 0.717) is 5.69 Å². The van der Waals surface area contributed by atoms with E-state index in [1.54, 1.807) is 6.07 Å². The smallest absolute Gasteiger partial charge is 0.254 e. The average molecular weight is 289 g/mol. The SMILES string of the molecule is CCc1ccc(Nc2cncc(OC)c2C(N)=O)c(F)c1. The van der Waals surface area contributed by atoms with Crippen LogP contribution >= 0.6 is 0 Å². The van der Waals surface area contributed by atoms with Gasteiger partial charge in [0.1, 0.15) is 11.4 Å². The number of amides is 1. The maximum absolute atomic E-state index is 14.0. The van der Waals surface area contributed by atoms with Crippen LogP contribution < -0.4 is 15.8 Å². The van der Waals surface area contributed by atoms with Gasteiger partial charge in [-0.2, -0.15) is 0 Å². The molecule has 0 aliphatic heterocycles. The second kappa shape index (κ2) is 6.21. The number of ether oxygens (including phenoxy) is 1. The zero-order chi connectivity index (χ0) is 15.4. The number of carbonyl (C=O) groups excluding carboxylic acids is 1. The van der Waals surface area contributed by atoms with Gasteiger partial charge in [0.25, 0.3) is 5.91 Å². The summed E-state index contributed by atoms with van der Waals surface area (Å²) < 4.78 is 19.1. The first-order chi connectivity index (χ1) is 10.1. The molecule has 5 nitrogen and oxygen atoms in total. The van der Waals surface area contributed by atoms with Crippen LogP contribution in [-0.2, 0) is 6.42 Å². The lowest BCUT2D eigenvalue weighted by atomic mass is 10.1. The lowest BCUT2D eigenvalue weighted by Crippen LogP contribution is -2.15. The van der Waals surface area contributed by atoms with Crippen LogP contribution in [0.3, 0.4) is 0 Å². The number of benzene rings is 1. The highest BCUT2D eigenvalue weighted by Gasteiger charge is 2.16. The molecule has 0 saturated carbocycles. The highest BCUT2D eigenvalue weighted by molar-refractivity contribution is 6.01. The van der Waals surface area contributed by atoms with Crippen molar-refractivity contribution in [1.82, 2.24) is 4.98 Å². The fraction of sp³-hybridized carbons (Fsp3) is 0.200. The van der Waals surface area contributed by atoms with Gasteiger partial charge in [0, 0.05) is 0 Å². The molecular weight excluding hydrogens is 273 g/mol. The van der Waals surface area contributed by atoms with E-state index in [4.69, 9.17) is 10.5 Å². The molecule has 21 heavy (non-hydrogen) atoms. The van der Waals surface area contributed by atoms with Crippen LogP contribution in [0.1, 0.15) is 22.8 Å². The lowest BCUT2D eigenvalue weighted by molar-refractivity contribution is 0.0998. The van der Waals surface area contributed by atoms with Gasteiger partial charge in [0.15, 0.2) is 5.75 Å². The van der Waals surface area contributed by atoms with Gasteiger partial charge in [0.05, 0.1) is 30.9 Å². The first-order valence-electron chi connectivity index (χ1n) is 6.44. The van der Waals surface area contributed by atoms with Crippen LogP contribution in [0.25, 0.3) is 0 Å². The van der Waals surface area contributed by atoms with E-state index in [1.807, 2.05) is 13.0 Å². The normalized spacial score (nSPS) is 10.2. The molecule has 1 aromatic carbocycles. The van der Waals surface area contributed by atoms with Crippen LogP contribution in [0.4, 0.5) is 15.8 Å². The Bertz CT molecular complexity index is 674. The fourth-order valence-electron chi connectivity index (χ4n) is 1.97. The Balaban J connectivity index is 2.42. The van der Waals surface area contributed by atoms with Gasteiger partial charge in [-0.1, -0.05) is 13.0 Å². The van der Waals surface area contributed by atoms with Crippen molar-refractivity contribution in [2.75, 3.05) is 12.4 Å². The molecule has 0 spiro atoms. The van der Waals surface area contributed by atoms with Crippen molar-refractivity contribution in [2.24, 2.45) is 5.73 Å². The Morgan fingerprint density at radius 1 is 1.38 bits per heavy atom. The molecule has 0 saturated heterocycles. The average Bonchev–Trinajstić information content (AvgIpc) is 2.48. The molecule has 3 N–H and O–H groups in total. The molecule has 2 aromatic rings. The topological polar surface area (TPSA) is 77.2 Å². The first-order valence-corrected chi connectivity index (χ1v) is 6.44. The van der Waals surface area contributed by atoms with Crippen LogP contribution in [-0.4, -0.2) is 18.0 Å². The Kier molecular flexibility index (Phi) is 4.37. The minimum absolute atomic E-state index is 0.131. The van der Waals surface area contributed by atoms with Gasteiger partial charge in [-0.15, -0.1) is 0 Å². The predicted molar refractivity (Wildman–Crippen MR) is 78.4 cm³/mol. The molecule has 0 aliphatic rings. The van der Waals surface area contributed by atoms with Crippen molar-refractivity contribution in [1.29, 1.82) is 0 Å². The van der Waals surface area contributed by atoms with Gasteiger partial charge in [0.2, 0.25) is 0 Å². The second-order valence-electron chi connectivity index (χ2n) is 4.42. The molecule has 2 rings (SSSR count). The molecule has 1 aromatic heterocycles. The summed E-state index contributed by atoms with van der Waals surface area (Å²) in [6.45, 7) is 1.94. The number of hydrogen-bond donors (Lipinski definition) is 2. The minimum atomic E-state index is -0.678. The Labute approximate surface area is 121 Å². The zero-order valence-corrected chi connectivity index (χ0v) is 11.8. The van der Waals surface area contributed by atoms with Crippen LogP contribution in [0.5, 0.6) is 5.75 Å². The molecule has 0 atom stereocenters. The Morgan fingerprint density at radius 3 is 2.71 bits per heavy atom. The van der Waals surface area contributed by atoms with Gasteiger partial charge in [-0.25, -0.2) is 4.39 Å². The number of nitrogens with two attached hydrogens (primary N) is 1. The molecule has 0 fully saturated rings. The standard InChI is InChI=1S/C15H16FN3O2/c1-3-9-4-5-11(10(16)6-9)19-12-7-18-8-13(21-2)14(12)15(17)20/h4-8,19H,3H2,1-2H3,(H2,17,20). The maximum atomic E-state index is 14.0. The largest absolute Gasteiger partial charge is 0.494 e. The van der Waals surface area contributed by atoms with Crippen molar-refractivity contribution in [3.8, 4) is 5.75 Å². The summed E-state index contributed by atoms with van der Waals surface area (Å²) >= 11 is 0. The maximum Gasteiger partial charge on any atom is 0.254 e. The van der Waals surface area contributed by atoms with Crippen molar-refractivity contribution in [2.45, 2.75) is 13.3 Å². The molecule has 110 valence electrons. The van der Waals surface area contributed by atoms with E-state index in [1.165, 1.54) is 25.6 Å². The van der Waals surface area contributed by atoms with E-state index in [0.717, 1.165) is 12.0 Å². The Morgan fingerprint density at radius 2 is 2.14 bits per heavy atom. The zero-order valence-electron chi connectivity index (χ0n) is 11.8. The highest BCUT2D eigenvalue weighted by Crippen LogP contribution is 2.28. The number of pyridine rings is 1. The number of anilines is 2. The number of methoxy groups -OCH3 is 1. The van der Waals surface area contributed by atoms with Gasteiger partial charge < -0.3 is 15.8 Å². The third kappa shape index (κ3) is 3.10. The fourth-order valence-corrected chi connectivity index (χ4v) is 1.97. The molecule has 0 unspecified atom stereocenters. The minimum Gasteiger partial charge on any atom is -0.494 e. The molecule has 0 bridgehead atoms. The molecule has 1 amide bonds.